The zero-order valence-corrected chi connectivity index (χ0v) is 9.25. The third-order valence-electron chi connectivity index (χ3n) is 2.81. The van der Waals surface area contributed by atoms with Crippen molar-refractivity contribution in [3.8, 4) is 0 Å². The smallest absolute Gasteiger partial charge is 0.150 e. The number of hydrogen-bond acceptors (Lipinski definition) is 4. The van der Waals surface area contributed by atoms with Crippen molar-refractivity contribution in [2.75, 3.05) is 19.6 Å². The van der Waals surface area contributed by atoms with Gasteiger partial charge in [-0.25, -0.2) is 0 Å². The Morgan fingerprint density at radius 1 is 1.67 bits per heavy atom. The summed E-state index contributed by atoms with van der Waals surface area (Å²) in [7, 11) is 0. The van der Waals surface area contributed by atoms with Gasteiger partial charge in [0.05, 0.1) is 12.2 Å². The molecule has 1 aromatic heterocycles. The second-order valence-electron chi connectivity index (χ2n) is 4.28. The van der Waals surface area contributed by atoms with Gasteiger partial charge in [0.15, 0.2) is 5.76 Å². The summed E-state index contributed by atoms with van der Waals surface area (Å²) < 4.78 is 5.13. The molecule has 0 spiro atoms. The van der Waals surface area contributed by atoms with E-state index >= 15 is 0 Å². The maximum Gasteiger partial charge on any atom is 0.150 e. The summed E-state index contributed by atoms with van der Waals surface area (Å²) in [6.45, 7) is 6.11. The van der Waals surface area contributed by atoms with Crippen molar-refractivity contribution in [2.45, 2.75) is 26.3 Å². The molecule has 15 heavy (non-hydrogen) atoms. The van der Waals surface area contributed by atoms with Gasteiger partial charge in [-0.1, -0.05) is 5.16 Å². The van der Waals surface area contributed by atoms with Gasteiger partial charge in [0.25, 0.3) is 0 Å². The minimum absolute atomic E-state index is 0.766. The molecular weight excluding hydrogens is 190 g/mol. The normalized spacial score (nSPS) is 21.8. The Morgan fingerprint density at radius 3 is 3.27 bits per heavy atom. The molecule has 0 radical (unpaired) electrons. The van der Waals surface area contributed by atoms with Gasteiger partial charge in [-0.2, -0.15) is 0 Å². The van der Waals surface area contributed by atoms with E-state index < -0.39 is 0 Å². The molecule has 0 amide bonds. The second kappa shape index (κ2) is 5.28. The van der Waals surface area contributed by atoms with Crippen LogP contribution in [-0.2, 0) is 6.54 Å². The highest BCUT2D eigenvalue weighted by atomic mass is 16.5. The van der Waals surface area contributed by atoms with Gasteiger partial charge in [0.2, 0.25) is 0 Å². The number of aromatic nitrogens is 1. The van der Waals surface area contributed by atoms with Crippen LogP contribution in [0.1, 0.15) is 24.3 Å². The Balaban J connectivity index is 1.65. The van der Waals surface area contributed by atoms with E-state index in [0.717, 1.165) is 37.0 Å². The van der Waals surface area contributed by atoms with Crippen LogP contribution in [0.3, 0.4) is 0 Å². The molecular formula is C11H19N3O. The number of rotatable bonds is 4. The molecule has 0 aromatic carbocycles. The molecule has 4 nitrogen and oxygen atoms in total. The molecule has 1 fully saturated rings. The average Bonchev–Trinajstić information content (AvgIpc) is 2.66. The average molecular weight is 209 g/mol. The number of hydrogen-bond donors (Lipinski definition) is 2. The third kappa shape index (κ3) is 3.32. The third-order valence-corrected chi connectivity index (χ3v) is 2.81. The molecule has 1 unspecified atom stereocenters. The summed E-state index contributed by atoms with van der Waals surface area (Å²) in [4.78, 5) is 0. The number of piperidine rings is 1. The lowest BCUT2D eigenvalue weighted by Gasteiger charge is -2.22. The minimum Gasteiger partial charge on any atom is -0.360 e. The van der Waals surface area contributed by atoms with Gasteiger partial charge >= 0.3 is 0 Å². The van der Waals surface area contributed by atoms with Gasteiger partial charge in [0, 0.05) is 6.07 Å². The molecule has 0 bridgehead atoms. The lowest BCUT2D eigenvalue weighted by Crippen LogP contribution is -2.35. The van der Waals surface area contributed by atoms with Crippen molar-refractivity contribution in [3.63, 3.8) is 0 Å². The van der Waals surface area contributed by atoms with E-state index in [1.54, 1.807) is 0 Å². The summed E-state index contributed by atoms with van der Waals surface area (Å²) in [5, 5.41) is 10.7. The van der Waals surface area contributed by atoms with Crippen molar-refractivity contribution < 1.29 is 4.52 Å². The molecule has 1 atom stereocenters. The van der Waals surface area contributed by atoms with E-state index in [9.17, 15) is 0 Å². The van der Waals surface area contributed by atoms with Crippen molar-refractivity contribution in [2.24, 2.45) is 5.92 Å². The second-order valence-corrected chi connectivity index (χ2v) is 4.28. The van der Waals surface area contributed by atoms with Gasteiger partial charge < -0.3 is 15.2 Å². The van der Waals surface area contributed by atoms with Gasteiger partial charge in [-0.05, 0) is 45.3 Å². The van der Waals surface area contributed by atoms with Crippen LogP contribution in [0.2, 0.25) is 0 Å². The first-order chi connectivity index (χ1) is 7.34. The van der Waals surface area contributed by atoms with E-state index in [4.69, 9.17) is 4.52 Å². The highest BCUT2D eigenvalue weighted by Gasteiger charge is 2.12. The van der Waals surface area contributed by atoms with Gasteiger partial charge in [-0.15, -0.1) is 0 Å². The molecule has 4 heteroatoms. The Kier molecular flexibility index (Phi) is 3.75. The zero-order valence-electron chi connectivity index (χ0n) is 9.25. The number of nitrogens with zero attached hydrogens (tertiary/aromatic N) is 1. The Morgan fingerprint density at radius 2 is 2.60 bits per heavy atom. The van der Waals surface area contributed by atoms with Gasteiger partial charge in [-0.3, -0.25) is 0 Å². The van der Waals surface area contributed by atoms with Crippen LogP contribution in [0, 0.1) is 12.8 Å². The minimum atomic E-state index is 0.766. The fourth-order valence-electron chi connectivity index (χ4n) is 2.00. The predicted molar refractivity (Wildman–Crippen MR) is 58.5 cm³/mol. The summed E-state index contributed by atoms with van der Waals surface area (Å²) >= 11 is 0. The summed E-state index contributed by atoms with van der Waals surface area (Å²) in [6.07, 6.45) is 2.63. The number of nitrogens with one attached hydrogen (secondary N) is 2. The van der Waals surface area contributed by atoms with E-state index in [-0.39, 0.29) is 0 Å². The van der Waals surface area contributed by atoms with E-state index in [2.05, 4.69) is 15.8 Å². The largest absolute Gasteiger partial charge is 0.360 e. The van der Waals surface area contributed by atoms with E-state index in [1.807, 2.05) is 13.0 Å². The first kappa shape index (κ1) is 10.6. The van der Waals surface area contributed by atoms with E-state index in [0.29, 0.717) is 0 Å². The standard InChI is InChI=1S/C11H19N3O/c1-9-5-11(15-14-9)8-13-7-10-3-2-4-12-6-10/h5,10,12-13H,2-4,6-8H2,1H3. The monoisotopic (exact) mass is 209 g/mol. The first-order valence-corrected chi connectivity index (χ1v) is 5.68. The lowest BCUT2D eigenvalue weighted by atomic mass is 10.00. The maximum absolute atomic E-state index is 5.13. The van der Waals surface area contributed by atoms with Crippen molar-refractivity contribution >= 4 is 0 Å². The Bertz CT molecular complexity index is 292. The van der Waals surface area contributed by atoms with Crippen LogP contribution in [0.5, 0.6) is 0 Å². The molecule has 2 rings (SSSR count). The van der Waals surface area contributed by atoms with Crippen molar-refractivity contribution in [1.82, 2.24) is 15.8 Å². The molecule has 0 saturated carbocycles. The highest BCUT2D eigenvalue weighted by Crippen LogP contribution is 2.08. The van der Waals surface area contributed by atoms with Crippen LogP contribution in [0.25, 0.3) is 0 Å². The summed E-state index contributed by atoms with van der Waals surface area (Å²) in [6, 6.07) is 1.98. The molecule has 1 aromatic rings. The maximum atomic E-state index is 5.13. The molecule has 1 saturated heterocycles. The summed E-state index contributed by atoms with van der Waals surface area (Å²) in [5.74, 6) is 1.69. The molecule has 2 heterocycles. The quantitative estimate of drug-likeness (QED) is 0.779. The van der Waals surface area contributed by atoms with Crippen LogP contribution < -0.4 is 10.6 Å². The topological polar surface area (TPSA) is 50.1 Å². The van der Waals surface area contributed by atoms with Gasteiger partial charge in [0.1, 0.15) is 0 Å². The highest BCUT2D eigenvalue weighted by molar-refractivity contribution is 5.02. The fourth-order valence-corrected chi connectivity index (χ4v) is 2.00. The molecule has 2 N–H and O–H groups in total. The molecule has 1 aliphatic rings. The van der Waals surface area contributed by atoms with Crippen molar-refractivity contribution in [1.29, 1.82) is 0 Å². The summed E-state index contributed by atoms with van der Waals surface area (Å²) in [5.41, 5.74) is 0.950. The van der Waals surface area contributed by atoms with Crippen LogP contribution in [0.15, 0.2) is 10.6 Å². The van der Waals surface area contributed by atoms with E-state index in [1.165, 1.54) is 19.4 Å². The molecule has 0 aliphatic carbocycles. The first-order valence-electron chi connectivity index (χ1n) is 5.68. The van der Waals surface area contributed by atoms with Crippen LogP contribution >= 0.6 is 0 Å². The van der Waals surface area contributed by atoms with Crippen molar-refractivity contribution in [3.05, 3.63) is 17.5 Å². The van der Waals surface area contributed by atoms with Crippen LogP contribution in [0.4, 0.5) is 0 Å². The molecule has 1 aliphatic heterocycles. The SMILES string of the molecule is Cc1cc(CNCC2CCCNC2)on1. The zero-order chi connectivity index (χ0) is 10.5. The number of aryl methyl sites for hydroxylation is 1. The predicted octanol–water partition coefficient (Wildman–Crippen LogP) is 1.07. The fraction of sp³-hybridized carbons (Fsp3) is 0.727. The Labute approximate surface area is 90.4 Å². The van der Waals surface area contributed by atoms with Crippen LogP contribution in [-0.4, -0.2) is 24.8 Å². The lowest BCUT2D eigenvalue weighted by molar-refractivity contribution is 0.337. The molecule has 84 valence electrons. The Hall–Kier alpha value is -0.870.